The lowest BCUT2D eigenvalue weighted by Crippen LogP contribution is -2.28. The van der Waals surface area contributed by atoms with Gasteiger partial charge in [0, 0.05) is 24.7 Å². The average molecular weight is 236 g/mol. The molecule has 5 nitrogen and oxygen atoms in total. The van der Waals surface area contributed by atoms with Gasteiger partial charge in [0.25, 0.3) is 5.69 Å². The standard InChI is InChI=1S/C12H16N2O3/c1-3-10(2)13-8-9-17-12-6-4-11(5-7-12)14(15)16/h3-7,10,13H,1,8-9H2,2H3. The van der Waals surface area contributed by atoms with Crippen molar-refractivity contribution in [3.63, 3.8) is 0 Å². The van der Waals surface area contributed by atoms with Gasteiger partial charge in [-0.15, -0.1) is 6.58 Å². The van der Waals surface area contributed by atoms with Gasteiger partial charge in [-0.05, 0) is 19.1 Å². The molecule has 5 heteroatoms. The van der Waals surface area contributed by atoms with Gasteiger partial charge in [-0.1, -0.05) is 6.08 Å². The Balaban J connectivity index is 2.32. The van der Waals surface area contributed by atoms with E-state index >= 15 is 0 Å². The molecular weight excluding hydrogens is 220 g/mol. The summed E-state index contributed by atoms with van der Waals surface area (Å²) in [6.07, 6.45) is 1.81. The minimum atomic E-state index is -0.433. The van der Waals surface area contributed by atoms with Crippen LogP contribution in [0.2, 0.25) is 0 Å². The largest absolute Gasteiger partial charge is 0.492 e. The third kappa shape index (κ3) is 4.65. The van der Waals surface area contributed by atoms with E-state index in [0.29, 0.717) is 18.9 Å². The number of hydrogen-bond donors (Lipinski definition) is 1. The van der Waals surface area contributed by atoms with Crippen LogP contribution in [-0.2, 0) is 0 Å². The molecule has 0 amide bonds. The maximum atomic E-state index is 10.4. The Morgan fingerprint density at radius 2 is 2.18 bits per heavy atom. The maximum Gasteiger partial charge on any atom is 0.269 e. The van der Waals surface area contributed by atoms with Gasteiger partial charge >= 0.3 is 0 Å². The van der Waals surface area contributed by atoms with E-state index in [-0.39, 0.29) is 11.7 Å². The smallest absolute Gasteiger partial charge is 0.269 e. The summed E-state index contributed by atoms with van der Waals surface area (Å²) in [5.41, 5.74) is 0.0655. The molecule has 0 saturated carbocycles. The zero-order valence-corrected chi connectivity index (χ0v) is 9.76. The normalized spacial score (nSPS) is 11.8. The molecule has 0 saturated heterocycles. The van der Waals surface area contributed by atoms with Gasteiger partial charge in [0.1, 0.15) is 12.4 Å². The Bertz CT molecular complexity index is 376. The molecular formula is C12H16N2O3. The Hall–Kier alpha value is -1.88. The van der Waals surface area contributed by atoms with Gasteiger partial charge in [0.2, 0.25) is 0 Å². The molecule has 92 valence electrons. The van der Waals surface area contributed by atoms with Gasteiger partial charge in [0.15, 0.2) is 0 Å². The van der Waals surface area contributed by atoms with Gasteiger partial charge in [-0.25, -0.2) is 0 Å². The lowest BCUT2D eigenvalue weighted by molar-refractivity contribution is -0.384. The molecule has 0 aromatic heterocycles. The second kappa shape index (κ2) is 6.65. The molecule has 1 rings (SSSR count). The van der Waals surface area contributed by atoms with Crippen LogP contribution in [0.15, 0.2) is 36.9 Å². The van der Waals surface area contributed by atoms with Crippen molar-refractivity contribution < 1.29 is 9.66 Å². The second-order valence-electron chi connectivity index (χ2n) is 3.58. The Labute approximate surface area is 100 Å². The monoisotopic (exact) mass is 236 g/mol. The highest BCUT2D eigenvalue weighted by Crippen LogP contribution is 2.16. The van der Waals surface area contributed by atoms with Crippen LogP contribution in [0.3, 0.4) is 0 Å². The summed E-state index contributed by atoms with van der Waals surface area (Å²) >= 11 is 0. The Morgan fingerprint density at radius 1 is 1.53 bits per heavy atom. The molecule has 0 aliphatic carbocycles. The van der Waals surface area contributed by atoms with Crippen LogP contribution in [0.25, 0.3) is 0 Å². The molecule has 1 aromatic carbocycles. The first kappa shape index (κ1) is 13.2. The van der Waals surface area contributed by atoms with E-state index in [4.69, 9.17) is 4.74 Å². The van der Waals surface area contributed by atoms with E-state index in [1.165, 1.54) is 12.1 Å². The number of nitro groups is 1. The van der Waals surface area contributed by atoms with Gasteiger partial charge in [-0.3, -0.25) is 10.1 Å². The summed E-state index contributed by atoms with van der Waals surface area (Å²) in [6.45, 7) is 6.86. The summed E-state index contributed by atoms with van der Waals surface area (Å²) in [4.78, 5) is 9.99. The van der Waals surface area contributed by atoms with E-state index < -0.39 is 4.92 Å². The summed E-state index contributed by atoms with van der Waals surface area (Å²) in [6, 6.07) is 6.28. The Kier molecular flexibility index (Phi) is 5.16. The van der Waals surface area contributed by atoms with Gasteiger partial charge in [-0.2, -0.15) is 0 Å². The quantitative estimate of drug-likeness (QED) is 0.341. The topological polar surface area (TPSA) is 64.4 Å². The van der Waals surface area contributed by atoms with E-state index in [2.05, 4.69) is 11.9 Å². The van der Waals surface area contributed by atoms with Crippen LogP contribution in [0, 0.1) is 10.1 Å². The molecule has 1 atom stereocenters. The number of nitrogens with zero attached hydrogens (tertiary/aromatic N) is 1. The molecule has 1 N–H and O–H groups in total. The van der Waals surface area contributed by atoms with Gasteiger partial charge < -0.3 is 10.1 Å². The van der Waals surface area contributed by atoms with Crippen LogP contribution >= 0.6 is 0 Å². The molecule has 0 radical (unpaired) electrons. The molecule has 1 unspecified atom stereocenters. The zero-order chi connectivity index (χ0) is 12.7. The lowest BCUT2D eigenvalue weighted by Gasteiger charge is -2.10. The SMILES string of the molecule is C=CC(C)NCCOc1ccc([N+](=O)[O-])cc1. The first-order valence-electron chi connectivity index (χ1n) is 5.36. The Morgan fingerprint density at radius 3 is 2.71 bits per heavy atom. The second-order valence-corrected chi connectivity index (χ2v) is 3.58. The fraction of sp³-hybridized carbons (Fsp3) is 0.333. The third-order valence-electron chi connectivity index (χ3n) is 2.24. The molecule has 0 bridgehead atoms. The highest BCUT2D eigenvalue weighted by Gasteiger charge is 2.04. The van der Waals surface area contributed by atoms with Crippen molar-refractivity contribution in [2.24, 2.45) is 0 Å². The van der Waals surface area contributed by atoms with E-state index in [9.17, 15) is 10.1 Å². The number of nitro benzene ring substituents is 1. The summed E-state index contributed by atoms with van der Waals surface area (Å²) in [5, 5.41) is 13.6. The fourth-order valence-electron chi connectivity index (χ4n) is 1.20. The molecule has 0 fully saturated rings. The molecule has 0 aliphatic heterocycles. The summed E-state index contributed by atoms with van der Waals surface area (Å²) in [7, 11) is 0. The molecule has 0 aliphatic rings. The summed E-state index contributed by atoms with van der Waals surface area (Å²) < 4.78 is 5.42. The first-order chi connectivity index (χ1) is 8.13. The number of ether oxygens (including phenoxy) is 1. The number of benzene rings is 1. The van der Waals surface area contributed by atoms with Crippen LogP contribution < -0.4 is 10.1 Å². The summed E-state index contributed by atoms with van der Waals surface area (Å²) in [5.74, 6) is 0.628. The van der Waals surface area contributed by atoms with Crippen LogP contribution in [0.4, 0.5) is 5.69 Å². The lowest BCUT2D eigenvalue weighted by atomic mass is 10.3. The number of non-ortho nitro benzene ring substituents is 1. The number of hydrogen-bond acceptors (Lipinski definition) is 4. The minimum absolute atomic E-state index is 0.0655. The average Bonchev–Trinajstić information content (AvgIpc) is 2.34. The molecule has 17 heavy (non-hydrogen) atoms. The molecule has 0 heterocycles. The van der Waals surface area contributed by atoms with Crippen LogP contribution in [0.1, 0.15) is 6.92 Å². The van der Waals surface area contributed by atoms with Crippen molar-refractivity contribution in [1.29, 1.82) is 0 Å². The van der Waals surface area contributed by atoms with Crippen molar-refractivity contribution >= 4 is 5.69 Å². The number of nitrogens with one attached hydrogen (secondary N) is 1. The van der Waals surface area contributed by atoms with E-state index in [1.807, 2.05) is 13.0 Å². The predicted molar refractivity (Wildman–Crippen MR) is 66.3 cm³/mol. The van der Waals surface area contributed by atoms with Crippen molar-refractivity contribution in [1.82, 2.24) is 5.32 Å². The van der Waals surface area contributed by atoms with Crippen LogP contribution in [-0.4, -0.2) is 24.1 Å². The molecule has 0 spiro atoms. The molecule has 1 aromatic rings. The highest BCUT2D eigenvalue weighted by molar-refractivity contribution is 5.35. The van der Waals surface area contributed by atoms with Gasteiger partial charge in [0.05, 0.1) is 4.92 Å². The zero-order valence-electron chi connectivity index (χ0n) is 9.76. The predicted octanol–water partition coefficient (Wildman–Crippen LogP) is 2.14. The van der Waals surface area contributed by atoms with Crippen molar-refractivity contribution in [2.45, 2.75) is 13.0 Å². The van der Waals surface area contributed by atoms with Crippen molar-refractivity contribution in [3.8, 4) is 5.75 Å². The third-order valence-corrected chi connectivity index (χ3v) is 2.24. The minimum Gasteiger partial charge on any atom is -0.492 e. The first-order valence-corrected chi connectivity index (χ1v) is 5.36. The fourth-order valence-corrected chi connectivity index (χ4v) is 1.20. The van der Waals surface area contributed by atoms with E-state index in [0.717, 1.165) is 0 Å². The van der Waals surface area contributed by atoms with Crippen LogP contribution in [0.5, 0.6) is 5.75 Å². The van der Waals surface area contributed by atoms with Crippen molar-refractivity contribution in [3.05, 3.63) is 47.0 Å². The van der Waals surface area contributed by atoms with E-state index in [1.54, 1.807) is 12.1 Å². The maximum absolute atomic E-state index is 10.4. The number of rotatable bonds is 7. The highest BCUT2D eigenvalue weighted by atomic mass is 16.6. The van der Waals surface area contributed by atoms with Crippen molar-refractivity contribution in [2.75, 3.05) is 13.2 Å².